The Kier molecular flexibility index (Phi) is 5.63. The molecule has 1 N–H and O–H groups in total. The summed E-state index contributed by atoms with van der Waals surface area (Å²) in [5.74, 6) is 0.288. The fourth-order valence-corrected chi connectivity index (χ4v) is 2.46. The van der Waals surface area contributed by atoms with Gasteiger partial charge in [-0.05, 0) is 41.8 Å². The van der Waals surface area contributed by atoms with E-state index in [-0.39, 0.29) is 24.4 Å². The lowest BCUT2D eigenvalue weighted by Crippen LogP contribution is -2.28. The van der Waals surface area contributed by atoms with Crippen LogP contribution in [0.4, 0.5) is 4.39 Å². The highest BCUT2D eigenvalue weighted by atomic mass is 19.1. The van der Waals surface area contributed by atoms with Crippen LogP contribution in [0.5, 0.6) is 5.75 Å². The molecule has 134 valence electrons. The Labute approximate surface area is 151 Å². The molecule has 0 bridgehead atoms. The van der Waals surface area contributed by atoms with Crippen molar-refractivity contribution in [1.29, 1.82) is 0 Å². The van der Waals surface area contributed by atoms with Gasteiger partial charge in [-0.15, -0.1) is 0 Å². The van der Waals surface area contributed by atoms with E-state index in [9.17, 15) is 9.18 Å². The molecule has 0 aliphatic carbocycles. The van der Waals surface area contributed by atoms with Crippen LogP contribution in [0.15, 0.2) is 66.9 Å². The van der Waals surface area contributed by atoms with Crippen molar-refractivity contribution in [2.45, 2.75) is 19.6 Å². The van der Waals surface area contributed by atoms with Crippen molar-refractivity contribution < 1.29 is 13.9 Å². The number of nitrogens with one attached hydrogen (secondary N) is 1. The number of carbonyl (C=O) groups is 1. The Morgan fingerprint density at radius 3 is 2.62 bits per heavy atom. The smallest absolute Gasteiger partial charge is 0.271 e. The van der Waals surface area contributed by atoms with Gasteiger partial charge in [-0.1, -0.05) is 37.3 Å². The topological polar surface area (TPSA) is 56.2 Å². The molecule has 0 aliphatic rings. The van der Waals surface area contributed by atoms with Crippen molar-refractivity contribution in [3.8, 4) is 5.75 Å². The first kappa shape index (κ1) is 17.7. The Bertz CT molecular complexity index is 847. The van der Waals surface area contributed by atoms with Crippen LogP contribution >= 0.6 is 0 Å². The molecular weight excluding hydrogens is 333 g/mol. The summed E-state index contributed by atoms with van der Waals surface area (Å²) in [4.78, 5) is 12.2. The summed E-state index contributed by atoms with van der Waals surface area (Å²) >= 11 is 0. The minimum absolute atomic E-state index is 0.0723. The molecule has 0 spiro atoms. The highest BCUT2D eigenvalue weighted by molar-refractivity contribution is 5.92. The third-order valence-corrected chi connectivity index (χ3v) is 3.99. The maximum absolute atomic E-state index is 13.0. The standard InChI is InChI=1S/C20H20FN3O2/c1-15(16-7-9-17(21)10-8-16)13-22-20(25)19-11-12-24(23-19)14-26-18-5-3-2-4-6-18/h2-12,15H,13-14H2,1H3,(H,22,25). The normalized spacial score (nSPS) is 11.8. The van der Waals surface area contributed by atoms with Gasteiger partial charge in [0.15, 0.2) is 6.73 Å². The highest BCUT2D eigenvalue weighted by Crippen LogP contribution is 2.15. The van der Waals surface area contributed by atoms with E-state index in [1.54, 1.807) is 29.1 Å². The fraction of sp³-hybridized carbons (Fsp3) is 0.200. The number of hydrogen-bond donors (Lipinski definition) is 1. The third-order valence-electron chi connectivity index (χ3n) is 3.99. The number of nitrogens with zero attached hydrogens (tertiary/aromatic N) is 2. The number of carbonyl (C=O) groups excluding carboxylic acids is 1. The zero-order valence-electron chi connectivity index (χ0n) is 14.4. The van der Waals surface area contributed by atoms with Crippen LogP contribution in [0.25, 0.3) is 0 Å². The van der Waals surface area contributed by atoms with Crippen LogP contribution in [0, 0.1) is 5.82 Å². The first-order valence-electron chi connectivity index (χ1n) is 8.37. The fourth-order valence-electron chi connectivity index (χ4n) is 2.46. The van der Waals surface area contributed by atoms with Crippen molar-refractivity contribution in [3.05, 3.63) is 83.9 Å². The SMILES string of the molecule is CC(CNC(=O)c1ccn(COc2ccccc2)n1)c1ccc(F)cc1. The Balaban J connectivity index is 1.50. The minimum atomic E-state index is -0.270. The van der Waals surface area contributed by atoms with E-state index >= 15 is 0 Å². The van der Waals surface area contributed by atoms with Gasteiger partial charge in [-0.25, -0.2) is 9.07 Å². The molecular formula is C20H20FN3O2. The van der Waals surface area contributed by atoms with Gasteiger partial charge in [-0.2, -0.15) is 5.10 Å². The maximum Gasteiger partial charge on any atom is 0.271 e. The van der Waals surface area contributed by atoms with E-state index in [1.165, 1.54) is 12.1 Å². The maximum atomic E-state index is 13.0. The molecule has 26 heavy (non-hydrogen) atoms. The van der Waals surface area contributed by atoms with E-state index in [4.69, 9.17) is 4.74 Å². The predicted octanol–water partition coefficient (Wildman–Crippen LogP) is 3.59. The van der Waals surface area contributed by atoms with Crippen molar-refractivity contribution >= 4 is 5.91 Å². The van der Waals surface area contributed by atoms with Gasteiger partial charge < -0.3 is 10.1 Å². The van der Waals surface area contributed by atoms with Gasteiger partial charge in [0.2, 0.25) is 0 Å². The van der Waals surface area contributed by atoms with Crippen LogP contribution < -0.4 is 10.1 Å². The summed E-state index contributed by atoms with van der Waals surface area (Å²) in [6, 6.07) is 17.3. The summed E-state index contributed by atoms with van der Waals surface area (Å²) in [5.41, 5.74) is 1.29. The van der Waals surface area contributed by atoms with Gasteiger partial charge in [-0.3, -0.25) is 4.79 Å². The largest absolute Gasteiger partial charge is 0.471 e. The molecule has 3 rings (SSSR count). The van der Waals surface area contributed by atoms with Crippen LogP contribution in [-0.2, 0) is 6.73 Å². The number of halogens is 1. The van der Waals surface area contributed by atoms with Gasteiger partial charge in [0.25, 0.3) is 5.91 Å². The minimum Gasteiger partial charge on any atom is -0.471 e. The lowest BCUT2D eigenvalue weighted by molar-refractivity contribution is 0.0944. The average Bonchev–Trinajstić information content (AvgIpc) is 3.15. The molecule has 1 aromatic heterocycles. The van der Waals surface area contributed by atoms with Gasteiger partial charge >= 0.3 is 0 Å². The Morgan fingerprint density at radius 1 is 1.15 bits per heavy atom. The van der Waals surface area contributed by atoms with Crippen LogP contribution in [0.1, 0.15) is 28.9 Å². The van der Waals surface area contributed by atoms with Gasteiger partial charge in [0.1, 0.15) is 17.3 Å². The summed E-state index contributed by atoms with van der Waals surface area (Å²) in [5, 5.41) is 7.07. The highest BCUT2D eigenvalue weighted by Gasteiger charge is 2.12. The molecule has 1 amide bonds. The Morgan fingerprint density at radius 2 is 1.88 bits per heavy atom. The van der Waals surface area contributed by atoms with Gasteiger partial charge in [0, 0.05) is 12.7 Å². The molecule has 5 nitrogen and oxygen atoms in total. The number of benzene rings is 2. The molecule has 0 radical (unpaired) electrons. The van der Waals surface area contributed by atoms with Crippen LogP contribution in [0.2, 0.25) is 0 Å². The van der Waals surface area contributed by atoms with E-state index in [1.807, 2.05) is 37.3 Å². The molecule has 0 saturated heterocycles. The lowest BCUT2D eigenvalue weighted by Gasteiger charge is -2.12. The second-order valence-corrected chi connectivity index (χ2v) is 5.99. The molecule has 2 aromatic carbocycles. The second-order valence-electron chi connectivity index (χ2n) is 5.99. The summed E-state index contributed by atoms with van der Waals surface area (Å²) in [6.07, 6.45) is 1.70. The zero-order chi connectivity index (χ0) is 18.4. The van der Waals surface area contributed by atoms with Crippen LogP contribution in [0.3, 0.4) is 0 Å². The second kappa shape index (κ2) is 8.29. The molecule has 1 atom stereocenters. The summed E-state index contributed by atoms with van der Waals surface area (Å²) in [7, 11) is 0. The van der Waals surface area contributed by atoms with Crippen LogP contribution in [-0.4, -0.2) is 22.2 Å². The number of ether oxygens (including phenoxy) is 1. The van der Waals surface area contributed by atoms with E-state index in [0.717, 1.165) is 11.3 Å². The lowest BCUT2D eigenvalue weighted by atomic mass is 10.0. The van der Waals surface area contributed by atoms with Crippen molar-refractivity contribution in [3.63, 3.8) is 0 Å². The first-order chi connectivity index (χ1) is 12.6. The predicted molar refractivity (Wildman–Crippen MR) is 96.4 cm³/mol. The molecule has 6 heteroatoms. The van der Waals surface area contributed by atoms with Crippen molar-refractivity contribution in [2.75, 3.05) is 6.54 Å². The molecule has 0 aliphatic heterocycles. The summed E-state index contributed by atoms with van der Waals surface area (Å²) in [6.45, 7) is 2.64. The molecule has 0 fully saturated rings. The van der Waals surface area contributed by atoms with E-state index in [0.29, 0.717) is 12.2 Å². The van der Waals surface area contributed by atoms with Gasteiger partial charge in [0.05, 0.1) is 0 Å². The Hall–Kier alpha value is -3.15. The van der Waals surface area contributed by atoms with Crippen molar-refractivity contribution in [2.24, 2.45) is 0 Å². The zero-order valence-corrected chi connectivity index (χ0v) is 14.4. The monoisotopic (exact) mass is 353 g/mol. The first-order valence-corrected chi connectivity index (χ1v) is 8.37. The quantitative estimate of drug-likeness (QED) is 0.706. The number of amides is 1. The molecule has 0 saturated carbocycles. The number of rotatable bonds is 7. The third kappa shape index (κ3) is 4.69. The molecule has 3 aromatic rings. The number of hydrogen-bond acceptors (Lipinski definition) is 3. The van der Waals surface area contributed by atoms with E-state index in [2.05, 4.69) is 10.4 Å². The molecule has 1 heterocycles. The van der Waals surface area contributed by atoms with Crippen molar-refractivity contribution in [1.82, 2.24) is 15.1 Å². The molecule has 1 unspecified atom stereocenters. The van der Waals surface area contributed by atoms with E-state index < -0.39 is 0 Å². The average molecular weight is 353 g/mol. The number of para-hydroxylation sites is 1. The number of aromatic nitrogens is 2. The summed E-state index contributed by atoms with van der Waals surface area (Å²) < 4.78 is 20.1.